The summed E-state index contributed by atoms with van der Waals surface area (Å²) in [5.74, 6) is -0.418. The van der Waals surface area contributed by atoms with E-state index in [1.807, 2.05) is 11.8 Å². The van der Waals surface area contributed by atoms with Crippen LogP contribution in [0.4, 0.5) is 10.1 Å². The molecule has 1 aliphatic rings. The van der Waals surface area contributed by atoms with E-state index in [0.29, 0.717) is 19.6 Å². The number of anilines is 1. The van der Waals surface area contributed by atoms with Gasteiger partial charge in [0.05, 0.1) is 5.02 Å². The molecule has 0 saturated carbocycles. The molecule has 2 heterocycles. The summed E-state index contributed by atoms with van der Waals surface area (Å²) in [6, 6.07) is 4.73. The molecule has 8 heteroatoms. The summed E-state index contributed by atoms with van der Waals surface area (Å²) >= 11 is 5.72. The van der Waals surface area contributed by atoms with Gasteiger partial charge in [0.1, 0.15) is 12.1 Å². The Bertz CT molecular complexity index is 734. The van der Waals surface area contributed by atoms with Crippen molar-refractivity contribution < 1.29 is 9.18 Å². The molecule has 1 aliphatic heterocycles. The van der Waals surface area contributed by atoms with Crippen LogP contribution in [0, 0.1) is 5.82 Å². The van der Waals surface area contributed by atoms with E-state index < -0.39 is 5.82 Å². The summed E-state index contributed by atoms with van der Waals surface area (Å²) in [5, 5.41) is 4.16. The molecule has 122 valence electrons. The fraction of sp³-hybridized carbons (Fsp3) is 0.400. The van der Waals surface area contributed by atoms with Crippen molar-refractivity contribution in [2.24, 2.45) is 7.05 Å². The van der Waals surface area contributed by atoms with Crippen molar-refractivity contribution in [3.05, 3.63) is 41.2 Å². The maximum absolute atomic E-state index is 13.6. The van der Waals surface area contributed by atoms with E-state index in [4.69, 9.17) is 11.6 Å². The van der Waals surface area contributed by atoms with Gasteiger partial charge in [-0.25, -0.2) is 9.37 Å². The van der Waals surface area contributed by atoms with Crippen molar-refractivity contribution in [1.82, 2.24) is 19.7 Å². The molecule has 2 aromatic rings. The molecule has 6 nitrogen and oxygen atoms in total. The highest BCUT2D eigenvalue weighted by atomic mass is 35.5. The van der Waals surface area contributed by atoms with Gasteiger partial charge in [0.2, 0.25) is 5.82 Å². The molecular weight excluding hydrogens is 321 g/mol. The Morgan fingerprint density at radius 3 is 2.78 bits per heavy atom. The first-order valence-corrected chi connectivity index (χ1v) is 7.70. The number of benzene rings is 1. The average molecular weight is 338 g/mol. The second-order valence-electron chi connectivity index (χ2n) is 5.63. The van der Waals surface area contributed by atoms with E-state index in [1.165, 1.54) is 17.1 Å². The number of aryl methyl sites for hydroxylation is 1. The second-order valence-corrected chi connectivity index (χ2v) is 6.04. The highest BCUT2D eigenvalue weighted by molar-refractivity contribution is 6.30. The molecule has 1 fully saturated rings. The molecule has 1 atom stereocenters. The van der Waals surface area contributed by atoms with Gasteiger partial charge in [0.15, 0.2) is 0 Å². The van der Waals surface area contributed by atoms with Gasteiger partial charge < -0.3 is 9.80 Å². The third-order valence-corrected chi connectivity index (χ3v) is 4.25. The largest absolute Gasteiger partial charge is 0.368 e. The third-order valence-electron chi connectivity index (χ3n) is 3.95. The topological polar surface area (TPSA) is 54.3 Å². The zero-order valence-electron chi connectivity index (χ0n) is 12.9. The van der Waals surface area contributed by atoms with Crippen LogP contribution in [0.5, 0.6) is 0 Å². The van der Waals surface area contributed by atoms with E-state index >= 15 is 0 Å². The van der Waals surface area contributed by atoms with Crippen LogP contribution < -0.4 is 4.90 Å². The number of halogens is 2. The number of aromatic nitrogens is 3. The number of piperazine rings is 1. The van der Waals surface area contributed by atoms with Crippen LogP contribution in [0.25, 0.3) is 0 Å². The minimum Gasteiger partial charge on any atom is -0.368 e. The number of nitrogens with zero attached hydrogens (tertiary/aromatic N) is 5. The molecule has 1 aromatic carbocycles. The Hall–Kier alpha value is -2.15. The van der Waals surface area contributed by atoms with Gasteiger partial charge in [0, 0.05) is 38.4 Å². The highest BCUT2D eigenvalue weighted by Gasteiger charge is 2.30. The minimum absolute atomic E-state index is 0.0289. The quantitative estimate of drug-likeness (QED) is 0.840. The second kappa shape index (κ2) is 6.16. The summed E-state index contributed by atoms with van der Waals surface area (Å²) in [6.45, 7) is 3.71. The van der Waals surface area contributed by atoms with Gasteiger partial charge in [-0.2, -0.15) is 0 Å². The lowest BCUT2D eigenvalue weighted by Gasteiger charge is -2.40. The normalized spacial score (nSPS) is 18.3. The molecule has 1 saturated heterocycles. The molecule has 0 radical (unpaired) electrons. The monoisotopic (exact) mass is 337 g/mol. The third kappa shape index (κ3) is 3.14. The SMILES string of the molecule is CC1CN(c2ccc(Cl)c(F)c2)CCN1C(=O)c1ncn(C)n1. The number of carbonyl (C=O) groups excluding carboxylic acids is 1. The van der Waals surface area contributed by atoms with Gasteiger partial charge in [-0.3, -0.25) is 9.48 Å². The number of rotatable bonds is 2. The van der Waals surface area contributed by atoms with Gasteiger partial charge in [-0.15, -0.1) is 5.10 Å². The predicted octanol–water partition coefficient (Wildman–Crippen LogP) is 1.96. The highest BCUT2D eigenvalue weighted by Crippen LogP contribution is 2.24. The molecule has 0 spiro atoms. The summed E-state index contributed by atoms with van der Waals surface area (Å²) in [6.07, 6.45) is 1.50. The molecular formula is C15H17ClFN5O. The van der Waals surface area contributed by atoms with Crippen LogP contribution in [-0.2, 0) is 7.05 Å². The molecule has 3 rings (SSSR count). The van der Waals surface area contributed by atoms with Crippen LogP contribution in [0.3, 0.4) is 0 Å². The van der Waals surface area contributed by atoms with Crippen molar-refractivity contribution in [2.45, 2.75) is 13.0 Å². The van der Waals surface area contributed by atoms with Crippen LogP contribution >= 0.6 is 11.6 Å². The van der Waals surface area contributed by atoms with Crippen molar-refractivity contribution in [2.75, 3.05) is 24.5 Å². The lowest BCUT2D eigenvalue weighted by atomic mass is 10.1. The first-order chi connectivity index (χ1) is 11.0. The Labute approximate surface area is 138 Å². The minimum atomic E-state index is -0.437. The lowest BCUT2D eigenvalue weighted by Crippen LogP contribution is -2.54. The maximum atomic E-state index is 13.6. The summed E-state index contributed by atoms with van der Waals surface area (Å²) in [5.41, 5.74) is 0.766. The number of hydrogen-bond donors (Lipinski definition) is 0. The maximum Gasteiger partial charge on any atom is 0.293 e. The zero-order chi connectivity index (χ0) is 16.6. The Kier molecular flexibility index (Phi) is 4.21. The Morgan fingerprint density at radius 1 is 1.39 bits per heavy atom. The lowest BCUT2D eigenvalue weighted by molar-refractivity contribution is 0.0661. The standard InChI is InChI=1S/C15H17ClFN5O/c1-10-8-21(11-3-4-12(16)13(17)7-11)5-6-22(10)15(23)14-18-9-20(2)19-14/h3-4,7,9-10H,5-6,8H2,1-2H3. The van der Waals surface area contributed by atoms with Crippen molar-refractivity contribution >= 4 is 23.2 Å². The number of carbonyl (C=O) groups is 1. The van der Waals surface area contributed by atoms with E-state index in [9.17, 15) is 9.18 Å². The molecule has 23 heavy (non-hydrogen) atoms. The predicted molar refractivity (Wildman–Crippen MR) is 85.1 cm³/mol. The fourth-order valence-electron chi connectivity index (χ4n) is 2.74. The van der Waals surface area contributed by atoms with Crippen LogP contribution in [-0.4, -0.2) is 51.2 Å². The average Bonchev–Trinajstić information content (AvgIpc) is 2.96. The summed E-state index contributed by atoms with van der Waals surface area (Å²) in [7, 11) is 1.72. The Balaban J connectivity index is 1.72. The molecule has 0 N–H and O–H groups in total. The first kappa shape index (κ1) is 15.7. The molecule has 0 aliphatic carbocycles. The number of amides is 1. The van der Waals surface area contributed by atoms with Crippen molar-refractivity contribution in [3.8, 4) is 0 Å². The van der Waals surface area contributed by atoms with Crippen molar-refractivity contribution in [3.63, 3.8) is 0 Å². The Morgan fingerprint density at radius 2 is 2.17 bits per heavy atom. The van der Waals surface area contributed by atoms with Gasteiger partial charge in [0.25, 0.3) is 5.91 Å². The molecule has 1 aromatic heterocycles. The first-order valence-electron chi connectivity index (χ1n) is 7.32. The number of hydrogen-bond acceptors (Lipinski definition) is 4. The van der Waals surface area contributed by atoms with Crippen molar-refractivity contribution in [1.29, 1.82) is 0 Å². The summed E-state index contributed by atoms with van der Waals surface area (Å²) < 4.78 is 15.1. The van der Waals surface area contributed by atoms with Crippen LogP contribution in [0.1, 0.15) is 17.5 Å². The summed E-state index contributed by atoms with van der Waals surface area (Å²) in [4.78, 5) is 20.3. The van der Waals surface area contributed by atoms with E-state index in [0.717, 1.165) is 5.69 Å². The molecule has 1 amide bonds. The van der Waals surface area contributed by atoms with E-state index in [1.54, 1.807) is 24.1 Å². The van der Waals surface area contributed by atoms with Gasteiger partial charge in [-0.05, 0) is 25.1 Å². The molecule has 0 bridgehead atoms. The fourth-order valence-corrected chi connectivity index (χ4v) is 2.86. The van der Waals surface area contributed by atoms with Gasteiger partial charge in [-0.1, -0.05) is 11.6 Å². The van der Waals surface area contributed by atoms with E-state index in [2.05, 4.69) is 10.1 Å². The molecule has 1 unspecified atom stereocenters. The van der Waals surface area contributed by atoms with Crippen LogP contribution in [0.2, 0.25) is 5.02 Å². The smallest absolute Gasteiger partial charge is 0.293 e. The van der Waals surface area contributed by atoms with Crippen LogP contribution in [0.15, 0.2) is 24.5 Å². The van der Waals surface area contributed by atoms with Gasteiger partial charge >= 0.3 is 0 Å². The van der Waals surface area contributed by atoms with E-state index in [-0.39, 0.29) is 22.8 Å². The zero-order valence-corrected chi connectivity index (χ0v) is 13.7.